The standard InChI is InChI=1S/C28H27F3N4O6/c1-39-19-4-2-17(3-5-19)16-41-20-6-7-22-18(14-20)8-11-35(22)26-32-15-21(23(33-26)28(29,30)31)24(36)34-27(25(37)38)9-12-40-13-10-27/h2-7,14-15H,8-13,16H2,1H3,(H,34,36)(H,37,38). The molecule has 0 aliphatic carbocycles. The normalized spacial score (nSPS) is 16.1. The maximum Gasteiger partial charge on any atom is 0.434 e. The number of hydrogen-bond acceptors (Lipinski definition) is 8. The first-order valence-corrected chi connectivity index (χ1v) is 12.8. The highest BCUT2D eigenvalue weighted by Gasteiger charge is 2.44. The van der Waals surface area contributed by atoms with Crippen molar-refractivity contribution in [1.82, 2.24) is 15.3 Å². The number of hydrogen-bond donors (Lipinski definition) is 2. The number of aromatic nitrogens is 2. The monoisotopic (exact) mass is 572 g/mol. The molecular weight excluding hydrogens is 545 g/mol. The van der Waals surface area contributed by atoms with Gasteiger partial charge >= 0.3 is 12.1 Å². The minimum Gasteiger partial charge on any atom is -0.497 e. The van der Waals surface area contributed by atoms with Crippen LogP contribution >= 0.6 is 0 Å². The fourth-order valence-corrected chi connectivity index (χ4v) is 4.85. The zero-order chi connectivity index (χ0) is 29.2. The molecule has 0 atom stereocenters. The van der Waals surface area contributed by atoms with Crippen molar-refractivity contribution in [2.24, 2.45) is 0 Å². The van der Waals surface area contributed by atoms with Gasteiger partial charge in [-0.25, -0.2) is 14.8 Å². The van der Waals surface area contributed by atoms with Crippen LogP contribution < -0.4 is 19.7 Å². The largest absolute Gasteiger partial charge is 0.497 e. The van der Waals surface area contributed by atoms with Crippen molar-refractivity contribution in [2.75, 3.05) is 31.8 Å². The third-order valence-electron chi connectivity index (χ3n) is 7.15. The molecule has 1 amide bonds. The lowest BCUT2D eigenvalue weighted by Crippen LogP contribution is -2.57. The molecule has 0 saturated carbocycles. The smallest absolute Gasteiger partial charge is 0.434 e. The molecule has 41 heavy (non-hydrogen) atoms. The topological polar surface area (TPSA) is 123 Å². The summed E-state index contributed by atoms with van der Waals surface area (Å²) >= 11 is 0. The van der Waals surface area contributed by atoms with Crippen LogP contribution in [0.5, 0.6) is 11.5 Å². The van der Waals surface area contributed by atoms with E-state index in [0.29, 0.717) is 31.0 Å². The van der Waals surface area contributed by atoms with E-state index in [1.54, 1.807) is 19.2 Å². The molecule has 2 aromatic carbocycles. The van der Waals surface area contributed by atoms with Gasteiger partial charge in [0.25, 0.3) is 5.91 Å². The molecule has 2 aliphatic rings. The SMILES string of the molecule is COc1ccc(COc2ccc3c(c2)CCN3c2ncc(C(=O)NC3(C(=O)O)CCOCC3)c(C(F)(F)F)n2)cc1. The average Bonchev–Trinajstić information content (AvgIpc) is 3.39. The Kier molecular flexibility index (Phi) is 7.72. The van der Waals surface area contributed by atoms with Crippen LogP contribution in [0, 0.1) is 0 Å². The average molecular weight is 573 g/mol. The van der Waals surface area contributed by atoms with Gasteiger partial charge in [0.2, 0.25) is 5.95 Å². The summed E-state index contributed by atoms with van der Waals surface area (Å²) < 4.78 is 58.4. The number of carbonyl (C=O) groups is 2. The Balaban J connectivity index is 1.35. The second-order valence-corrected chi connectivity index (χ2v) is 9.71. The van der Waals surface area contributed by atoms with Crippen molar-refractivity contribution < 1.29 is 42.1 Å². The summed E-state index contributed by atoms with van der Waals surface area (Å²) in [5.74, 6) is -1.45. The Bertz CT molecular complexity index is 1440. The van der Waals surface area contributed by atoms with Crippen molar-refractivity contribution >= 4 is 23.5 Å². The molecule has 2 aliphatic heterocycles. The molecule has 1 aromatic heterocycles. The number of carboxylic acids is 1. The lowest BCUT2D eigenvalue weighted by molar-refractivity contribution is -0.148. The van der Waals surface area contributed by atoms with Crippen molar-refractivity contribution in [2.45, 2.75) is 37.6 Å². The van der Waals surface area contributed by atoms with Gasteiger partial charge < -0.3 is 29.5 Å². The maximum absolute atomic E-state index is 14.1. The number of amides is 1. The number of ether oxygens (including phenoxy) is 3. The minimum atomic E-state index is -4.99. The molecule has 3 aromatic rings. The van der Waals surface area contributed by atoms with E-state index in [-0.39, 0.29) is 32.0 Å². The van der Waals surface area contributed by atoms with Crippen LogP contribution in [0.4, 0.5) is 24.8 Å². The number of aliphatic carboxylic acids is 1. The molecule has 0 bridgehead atoms. The van der Waals surface area contributed by atoms with Crippen molar-refractivity contribution in [3.63, 3.8) is 0 Å². The van der Waals surface area contributed by atoms with Gasteiger partial charge in [-0.15, -0.1) is 0 Å². The van der Waals surface area contributed by atoms with E-state index in [9.17, 15) is 27.9 Å². The number of halogens is 3. The number of benzene rings is 2. The molecule has 2 N–H and O–H groups in total. The van der Waals surface area contributed by atoms with Gasteiger partial charge in [0.1, 0.15) is 23.6 Å². The third-order valence-corrected chi connectivity index (χ3v) is 7.15. The quantitative estimate of drug-likeness (QED) is 0.410. The Hall–Kier alpha value is -4.39. The van der Waals surface area contributed by atoms with E-state index in [0.717, 1.165) is 23.1 Å². The van der Waals surface area contributed by atoms with Crippen LogP contribution in [0.15, 0.2) is 48.7 Å². The zero-order valence-corrected chi connectivity index (χ0v) is 22.0. The van der Waals surface area contributed by atoms with Crippen molar-refractivity contribution in [3.8, 4) is 11.5 Å². The molecule has 10 nitrogen and oxygen atoms in total. The van der Waals surface area contributed by atoms with Crippen LogP contribution in [0.2, 0.25) is 0 Å². The molecule has 3 heterocycles. The van der Waals surface area contributed by atoms with Crippen molar-refractivity contribution in [1.29, 1.82) is 0 Å². The predicted molar refractivity (Wildman–Crippen MR) is 139 cm³/mol. The Labute approximate surface area is 233 Å². The summed E-state index contributed by atoms with van der Waals surface area (Å²) in [5, 5.41) is 11.9. The summed E-state index contributed by atoms with van der Waals surface area (Å²) in [7, 11) is 1.59. The van der Waals surface area contributed by atoms with Gasteiger partial charge in [-0.05, 0) is 47.9 Å². The summed E-state index contributed by atoms with van der Waals surface area (Å²) in [6, 6.07) is 12.7. The first kappa shape index (κ1) is 28.1. The molecule has 1 saturated heterocycles. The number of fused-ring (bicyclic) bond motifs is 1. The summed E-state index contributed by atoms with van der Waals surface area (Å²) in [6.07, 6.45) is -3.83. The Morgan fingerprint density at radius 1 is 1.12 bits per heavy atom. The molecule has 1 fully saturated rings. The number of rotatable bonds is 8. The summed E-state index contributed by atoms with van der Waals surface area (Å²) in [6.45, 7) is 0.750. The van der Waals surface area contributed by atoms with E-state index in [2.05, 4.69) is 15.3 Å². The molecule has 13 heteroatoms. The van der Waals surface area contributed by atoms with Crippen LogP contribution in [-0.4, -0.2) is 59.4 Å². The number of nitrogens with zero attached hydrogens (tertiary/aromatic N) is 3. The third kappa shape index (κ3) is 5.89. The van der Waals surface area contributed by atoms with Crippen LogP contribution in [0.3, 0.4) is 0 Å². The van der Waals surface area contributed by atoms with E-state index < -0.39 is 34.8 Å². The highest BCUT2D eigenvalue weighted by Crippen LogP contribution is 2.38. The van der Waals surface area contributed by atoms with Crippen LogP contribution in [0.25, 0.3) is 0 Å². The Morgan fingerprint density at radius 3 is 2.49 bits per heavy atom. The maximum atomic E-state index is 14.1. The van der Waals surface area contributed by atoms with Crippen LogP contribution in [0.1, 0.15) is 40.0 Å². The predicted octanol–water partition coefficient (Wildman–Crippen LogP) is 4.14. The zero-order valence-electron chi connectivity index (χ0n) is 22.0. The van der Waals surface area contributed by atoms with Gasteiger partial charge in [0, 0.05) is 44.5 Å². The molecule has 5 rings (SSSR count). The van der Waals surface area contributed by atoms with E-state index >= 15 is 0 Å². The minimum absolute atomic E-state index is 0.0523. The van der Waals surface area contributed by atoms with Gasteiger partial charge in [0.15, 0.2) is 5.69 Å². The number of carboxylic acid groups (broad SMARTS) is 1. The summed E-state index contributed by atoms with van der Waals surface area (Å²) in [4.78, 5) is 34.2. The fraction of sp³-hybridized carbons (Fsp3) is 0.357. The van der Waals surface area contributed by atoms with Crippen LogP contribution in [-0.2, 0) is 28.7 Å². The first-order valence-electron chi connectivity index (χ1n) is 12.8. The van der Waals surface area contributed by atoms with Gasteiger partial charge in [-0.3, -0.25) is 4.79 Å². The second-order valence-electron chi connectivity index (χ2n) is 9.71. The molecule has 216 valence electrons. The van der Waals surface area contributed by atoms with Gasteiger partial charge in [0.05, 0.1) is 12.7 Å². The van der Waals surface area contributed by atoms with Crippen molar-refractivity contribution in [3.05, 3.63) is 71.0 Å². The lowest BCUT2D eigenvalue weighted by Gasteiger charge is -2.34. The molecule has 0 radical (unpaired) electrons. The fourth-order valence-electron chi connectivity index (χ4n) is 4.85. The lowest BCUT2D eigenvalue weighted by atomic mass is 9.89. The number of methoxy groups -OCH3 is 1. The van der Waals surface area contributed by atoms with Gasteiger partial charge in [-0.1, -0.05) is 12.1 Å². The summed E-state index contributed by atoms with van der Waals surface area (Å²) in [5.41, 5.74) is -1.62. The highest BCUT2D eigenvalue weighted by atomic mass is 19.4. The number of anilines is 2. The number of nitrogens with one attached hydrogen (secondary N) is 1. The number of carbonyl (C=O) groups excluding carboxylic acids is 1. The van der Waals surface area contributed by atoms with E-state index in [1.807, 2.05) is 30.3 Å². The highest BCUT2D eigenvalue weighted by molar-refractivity contribution is 5.98. The molecule has 0 spiro atoms. The Morgan fingerprint density at radius 2 is 1.83 bits per heavy atom. The molecule has 0 unspecified atom stereocenters. The van der Waals surface area contributed by atoms with E-state index in [1.165, 1.54) is 4.90 Å². The van der Waals surface area contributed by atoms with Gasteiger partial charge in [-0.2, -0.15) is 13.2 Å². The first-order chi connectivity index (χ1) is 19.6. The van der Waals surface area contributed by atoms with E-state index in [4.69, 9.17) is 14.2 Å². The number of alkyl halides is 3. The molecular formula is C28H27F3N4O6. The second kappa shape index (κ2) is 11.2.